The molecule has 1 aromatic rings. The van der Waals surface area contributed by atoms with Gasteiger partial charge in [-0.15, -0.1) is 0 Å². The second kappa shape index (κ2) is 4.87. The lowest BCUT2D eigenvalue weighted by molar-refractivity contribution is -0.133. The summed E-state index contributed by atoms with van der Waals surface area (Å²) in [6.07, 6.45) is 0. The number of halogens is 1. The van der Waals surface area contributed by atoms with E-state index in [1.165, 1.54) is 30.2 Å². The zero-order valence-electron chi connectivity index (χ0n) is 10.9. The monoisotopic (exact) mass is 266 g/mol. The number of carbonyl (C=O) groups excluding carboxylic acids is 2. The van der Waals surface area contributed by atoms with Crippen molar-refractivity contribution in [2.24, 2.45) is 0 Å². The maximum atomic E-state index is 13.9. The van der Waals surface area contributed by atoms with Crippen molar-refractivity contribution in [3.8, 4) is 5.75 Å². The quantitative estimate of drug-likeness (QED) is 0.871. The first kappa shape index (κ1) is 13.3. The molecule has 0 saturated carbocycles. The van der Waals surface area contributed by atoms with Gasteiger partial charge in [0, 0.05) is 6.07 Å². The topological polar surface area (TPSA) is 58.6 Å². The van der Waals surface area contributed by atoms with Gasteiger partial charge < -0.3 is 10.1 Å². The Bertz CT molecular complexity index is 533. The number of ether oxygens (including phenoxy) is 1. The Morgan fingerprint density at radius 3 is 2.63 bits per heavy atom. The molecule has 6 heteroatoms. The molecule has 1 aliphatic heterocycles. The lowest BCUT2D eigenvalue weighted by atomic mass is 10.1. The molecule has 19 heavy (non-hydrogen) atoms. The lowest BCUT2D eigenvalue weighted by Crippen LogP contribution is -2.62. The van der Waals surface area contributed by atoms with E-state index in [1.807, 2.05) is 0 Å². The van der Waals surface area contributed by atoms with E-state index >= 15 is 0 Å². The molecule has 0 radical (unpaired) electrons. The summed E-state index contributed by atoms with van der Waals surface area (Å²) in [6.45, 7) is 3.12. The first-order chi connectivity index (χ1) is 8.95. The van der Waals surface area contributed by atoms with Gasteiger partial charge in [-0.05, 0) is 26.0 Å². The summed E-state index contributed by atoms with van der Waals surface area (Å²) in [7, 11) is 1.45. The fourth-order valence-corrected chi connectivity index (χ4v) is 2.04. The van der Waals surface area contributed by atoms with Crippen LogP contribution in [-0.4, -0.2) is 31.0 Å². The van der Waals surface area contributed by atoms with Crippen LogP contribution < -0.4 is 15.0 Å². The molecule has 1 aliphatic rings. The van der Waals surface area contributed by atoms with Crippen LogP contribution in [0.4, 0.5) is 10.1 Å². The Balaban J connectivity index is 2.48. The second-order valence-corrected chi connectivity index (χ2v) is 4.43. The zero-order chi connectivity index (χ0) is 14.2. The van der Waals surface area contributed by atoms with E-state index in [1.54, 1.807) is 13.8 Å². The minimum absolute atomic E-state index is 0.0542. The van der Waals surface area contributed by atoms with E-state index in [0.29, 0.717) is 5.75 Å². The van der Waals surface area contributed by atoms with Crippen molar-refractivity contribution in [3.05, 3.63) is 24.0 Å². The summed E-state index contributed by atoms with van der Waals surface area (Å²) in [5, 5.41) is 2.54. The van der Waals surface area contributed by atoms with Gasteiger partial charge in [0.2, 0.25) is 11.8 Å². The van der Waals surface area contributed by atoms with Crippen molar-refractivity contribution in [2.75, 3.05) is 12.0 Å². The molecular formula is C13H15FN2O3. The van der Waals surface area contributed by atoms with Crippen LogP contribution in [0.5, 0.6) is 5.75 Å². The third-order valence-electron chi connectivity index (χ3n) is 3.15. The van der Waals surface area contributed by atoms with Crippen molar-refractivity contribution in [3.63, 3.8) is 0 Å². The molecule has 0 bridgehead atoms. The SMILES string of the molecule is COc1ccc(F)c(N2C(=O)C(C)NC(=O)C2C)c1. The number of piperazine rings is 1. The Morgan fingerprint density at radius 1 is 1.32 bits per heavy atom. The number of carbonyl (C=O) groups is 2. The van der Waals surface area contributed by atoms with Gasteiger partial charge in [0.05, 0.1) is 12.8 Å². The van der Waals surface area contributed by atoms with Gasteiger partial charge in [-0.3, -0.25) is 14.5 Å². The second-order valence-electron chi connectivity index (χ2n) is 4.43. The van der Waals surface area contributed by atoms with Crippen LogP contribution in [0.2, 0.25) is 0 Å². The third kappa shape index (κ3) is 2.25. The number of hydrogen-bond donors (Lipinski definition) is 1. The van der Waals surface area contributed by atoms with Crippen LogP contribution in [0, 0.1) is 5.82 Å². The van der Waals surface area contributed by atoms with Gasteiger partial charge >= 0.3 is 0 Å². The van der Waals surface area contributed by atoms with Gasteiger partial charge in [0.15, 0.2) is 0 Å². The van der Waals surface area contributed by atoms with Gasteiger partial charge in [-0.25, -0.2) is 4.39 Å². The molecule has 1 fully saturated rings. The molecule has 1 heterocycles. The van der Waals surface area contributed by atoms with Gasteiger partial charge in [0.1, 0.15) is 23.7 Å². The summed E-state index contributed by atoms with van der Waals surface area (Å²) < 4.78 is 18.9. The predicted molar refractivity (Wildman–Crippen MR) is 67.5 cm³/mol. The molecule has 2 rings (SSSR count). The molecule has 2 atom stereocenters. The average Bonchev–Trinajstić information content (AvgIpc) is 2.39. The van der Waals surface area contributed by atoms with E-state index < -0.39 is 17.9 Å². The molecule has 102 valence electrons. The number of hydrogen-bond acceptors (Lipinski definition) is 3. The van der Waals surface area contributed by atoms with Gasteiger partial charge in [-0.1, -0.05) is 0 Å². The van der Waals surface area contributed by atoms with E-state index in [2.05, 4.69) is 5.32 Å². The molecular weight excluding hydrogens is 251 g/mol. The Labute approximate surface area is 110 Å². The first-order valence-electron chi connectivity index (χ1n) is 5.92. The molecule has 1 aromatic carbocycles. The van der Waals surface area contributed by atoms with Crippen molar-refractivity contribution in [2.45, 2.75) is 25.9 Å². The number of anilines is 1. The highest BCUT2D eigenvalue weighted by Crippen LogP contribution is 2.28. The Morgan fingerprint density at radius 2 is 2.00 bits per heavy atom. The number of amides is 2. The molecule has 2 unspecified atom stereocenters. The smallest absolute Gasteiger partial charge is 0.250 e. The molecule has 0 aromatic heterocycles. The number of nitrogens with one attached hydrogen (secondary N) is 1. The summed E-state index contributed by atoms with van der Waals surface area (Å²) >= 11 is 0. The normalized spacial score (nSPS) is 23.3. The van der Waals surface area contributed by atoms with Crippen LogP contribution >= 0.6 is 0 Å². The van der Waals surface area contributed by atoms with Crippen LogP contribution in [0.3, 0.4) is 0 Å². The molecule has 0 aliphatic carbocycles. The zero-order valence-corrected chi connectivity index (χ0v) is 10.9. The number of nitrogens with zero attached hydrogens (tertiary/aromatic N) is 1. The van der Waals surface area contributed by atoms with E-state index in [-0.39, 0.29) is 17.5 Å². The van der Waals surface area contributed by atoms with Crippen LogP contribution in [-0.2, 0) is 9.59 Å². The minimum atomic E-state index is -0.759. The van der Waals surface area contributed by atoms with E-state index in [9.17, 15) is 14.0 Å². The van der Waals surface area contributed by atoms with Crippen molar-refractivity contribution >= 4 is 17.5 Å². The molecule has 5 nitrogen and oxygen atoms in total. The summed E-state index contributed by atoms with van der Waals surface area (Å²) in [5.74, 6) is -0.800. The Kier molecular flexibility index (Phi) is 3.42. The first-order valence-corrected chi connectivity index (χ1v) is 5.92. The van der Waals surface area contributed by atoms with Crippen molar-refractivity contribution in [1.29, 1.82) is 0 Å². The van der Waals surface area contributed by atoms with Crippen molar-refractivity contribution < 1.29 is 18.7 Å². The fourth-order valence-electron chi connectivity index (χ4n) is 2.04. The van der Waals surface area contributed by atoms with E-state index in [4.69, 9.17) is 4.74 Å². The highest BCUT2D eigenvalue weighted by Gasteiger charge is 2.38. The number of rotatable bonds is 2. The predicted octanol–water partition coefficient (Wildman–Crippen LogP) is 1.07. The fraction of sp³-hybridized carbons (Fsp3) is 0.385. The molecule has 1 N–H and O–H groups in total. The number of methoxy groups -OCH3 is 1. The highest BCUT2D eigenvalue weighted by atomic mass is 19.1. The van der Waals surface area contributed by atoms with E-state index in [0.717, 1.165) is 0 Å². The minimum Gasteiger partial charge on any atom is -0.497 e. The maximum absolute atomic E-state index is 13.9. The van der Waals surface area contributed by atoms with Crippen LogP contribution in [0.1, 0.15) is 13.8 Å². The highest BCUT2D eigenvalue weighted by molar-refractivity contribution is 6.08. The van der Waals surface area contributed by atoms with Crippen LogP contribution in [0.25, 0.3) is 0 Å². The maximum Gasteiger partial charge on any atom is 0.250 e. The summed E-state index contributed by atoms with van der Waals surface area (Å²) in [6, 6.07) is 2.65. The average molecular weight is 266 g/mol. The molecule has 1 saturated heterocycles. The van der Waals surface area contributed by atoms with Gasteiger partial charge in [-0.2, -0.15) is 0 Å². The Hall–Kier alpha value is -2.11. The third-order valence-corrected chi connectivity index (χ3v) is 3.15. The molecule has 0 spiro atoms. The standard InChI is InChI=1S/C13H15FN2O3/c1-7-13(18)16(8(2)12(17)15-7)11-6-9(19-3)4-5-10(11)14/h4-8H,1-3H3,(H,15,17). The summed E-state index contributed by atoms with van der Waals surface area (Å²) in [4.78, 5) is 25.0. The van der Waals surface area contributed by atoms with Crippen molar-refractivity contribution in [1.82, 2.24) is 5.32 Å². The van der Waals surface area contributed by atoms with Crippen LogP contribution in [0.15, 0.2) is 18.2 Å². The van der Waals surface area contributed by atoms with Gasteiger partial charge in [0.25, 0.3) is 0 Å². The lowest BCUT2D eigenvalue weighted by Gasteiger charge is -2.36. The number of benzene rings is 1. The largest absolute Gasteiger partial charge is 0.497 e. The molecule has 2 amide bonds. The summed E-state index contributed by atoms with van der Waals surface area (Å²) in [5.41, 5.74) is 0.0542.